The van der Waals surface area contributed by atoms with Crippen molar-refractivity contribution >= 4 is 21.8 Å². The van der Waals surface area contributed by atoms with Crippen LogP contribution in [0.2, 0.25) is 0 Å². The smallest absolute Gasteiger partial charge is 0.220 e. The first-order valence-corrected chi connectivity index (χ1v) is 7.72. The van der Waals surface area contributed by atoms with Gasteiger partial charge in [0.05, 0.1) is 6.61 Å². The fraction of sp³-hybridized carbons (Fsp3) is 0.533. The quantitative estimate of drug-likeness (QED) is 0.924. The Morgan fingerprint density at radius 3 is 3.00 bits per heavy atom. The van der Waals surface area contributed by atoms with E-state index in [1.807, 2.05) is 6.07 Å². The van der Waals surface area contributed by atoms with E-state index >= 15 is 0 Å². The molecule has 0 aromatic heterocycles. The van der Waals surface area contributed by atoms with Crippen LogP contribution in [0.15, 0.2) is 16.6 Å². The first-order valence-electron chi connectivity index (χ1n) is 6.93. The normalized spacial score (nSPS) is 17.5. The van der Waals surface area contributed by atoms with Crippen molar-refractivity contribution in [3.8, 4) is 5.75 Å². The number of hydrogen-bond acceptors (Lipinski definition) is 2. The summed E-state index contributed by atoms with van der Waals surface area (Å²) < 4.78 is 6.71. The number of amides is 1. The van der Waals surface area contributed by atoms with E-state index in [2.05, 4.69) is 27.3 Å². The molecule has 0 radical (unpaired) electrons. The van der Waals surface area contributed by atoms with Gasteiger partial charge in [0.2, 0.25) is 5.91 Å². The van der Waals surface area contributed by atoms with E-state index in [1.165, 1.54) is 24.8 Å². The molecule has 2 aliphatic rings. The zero-order valence-corrected chi connectivity index (χ0v) is 12.5. The Hall–Kier alpha value is -1.03. The van der Waals surface area contributed by atoms with Gasteiger partial charge in [-0.2, -0.15) is 0 Å². The van der Waals surface area contributed by atoms with Gasteiger partial charge in [-0.15, -0.1) is 0 Å². The zero-order valence-electron chi connectivity index (χ0n) is 10.9. The van der Waals surface area contributed by atoms with Gasteiger partial charge in [-0.05, 0) is 36.5 Å². The number of ether oxygens (including phenoxy) is 1. The molecule has 0 unspecified atom stereocenters. The average molecular weight is 324 g/mol. The molecule has 1 amide bonds. The third kappa shape index (κ3) is 2.94. The van der Waals surface area contributed by atoms with Crippen molar-refractivity contribution in [2.75, 3.05) is 6.61 Å². The molecule has 1 saturated carbocycles. The van der Waals surface area contributed by atoms with Gasteiger partial charge in [-0.25, -0.2) is 0 Å². The molecule has 0 bridgehead atoms. The Morgan fingerprint density at radius 2 is 2.26 bits per heavy atom. The molecule has 1 heterocycles. The monoisotopic (exact) mass is 323 g/mol. The fourth-order valence-corrected chi connectivity index (χ4v) is 3.26. The van der Waals surface area contributed by atoms with E-state index in [0.29, 0.717) is 18.9 Å². The summed E-state index contributed by atoms with van der Waals surface area (Å²) in [6.45, 7) is 1.31. The minimum atomic E-state index is 0.163. The summed E-state index contributed by atoms with van der Waals surface area (Å²) in [6.07, 6.45) is 5.34. The summed E-state index contributed by atoms with van der Waals surface area (Å²) in [5.74, 6) is 1.74. The lowest BCUT2D eigenvalue weighted by atomic mass is 9.83. The van der Waals surface area contributed by atoms with Crippen molar-refractivity contribution in [2.45, 2.75) is 38.6 Å². The third-order valence-corrected chi connectivity index (χ3v) is 4.46. The van der Waals surface area contributed by atoms with Gasteiger partial charge in [0.25, 0.3) is 0 Å². The van der Waals surface area contributed by atoms with E-state index in [1.54, 1.807) is 0 Å². The number of nitrogens with one attached hydrogen (secondary N) is 1. The molecule has 3 rings (SSSR count). The zero-order chi connectivity index (χ0) is 13.2. The largest absolute Gasteiger partial charge is 0.493 e. The van der Waals surface area contributed by atoms with Crippen molar-refractivity contribution in [1.29, 1.82) is 0 Å². The second-order valence-corrected chi connectivity index (χ2v) is 6.35. The van der Waals surface area contributed by atoms with Gasteiger partial charge < -0.3 is 10.1 Å². The molecule has 19 heavy (non-hydrogen) atoms. The Balaban J connectivity index is 1.61. The lowest BCUT2D eigenvalue weighted by molar-refractivity contribution is -0.122. The summed E-state index contributed by atoms with van der Waals surface area (Å²) in [5.41, 5.74) is 2.31. The predicted molar refractivity (Wildman–Crippen MR) is 77.1 cm³/mol. The second kappa shape index (κ2) is 5.53. The highest BCUT2D eigenvalue weighted by Crippen LogP contribution is 2.33. The molecule has 0 saturated heterocycles. The molecule has 1 N–H and O–H groups in total. The maximum atomic E-state index is 11.8. The predicted octanol–water partition coefficient (Wildman–Crippen LogP) is 3.19. The number of rotatable bonds is 4. The minimum Gasteiger partial charge on any atom is -0.493 e. The van der Waals surface area contributed by atoms with Gasteiger partial charge in [0, 0.05) is 29.4 Å². The van der Waals surface area contributed by atoms with Crippen molar-refractivity contribution < 1.29 is 9.53 Å². The molecule has 102 valence electrons. The number of carbonyl (C=O) groups is 1. The van der Waals surface area contributed by atoms with Gasteiger partial charge in [0.15, 0.2) is 0 Å². The maximum Gasteiger partial charge on any atom is 0.220 e. The molecule has 1 aliphatic heterocycles. The number of halogens is 1. The lowest BCUT2D eigenvalue weighted by Gasteiger charge is -2.24. The molecule has 1 aliphatic carbocycles. The maximum absolute atomic E-state index is 11.8. The second-order valence-electron chi connectivity index (χ2n) is 5.43. The lowest BCUT2D eigenvalue weighted by Crippen LogP contribution is -2.27. The summed E-state index contributed by atoms with van der Waals surface area (Å²) in [6, 6.07) is 4.13. The van der Waals surface area contributed by atoms with Crippen LogP contribution < -0.4 is 10.1 Å². The van der Waals surface area contributed by atoms with E-state index in [0.717, 1.165) is 28.8 Å². The summed E-state index contributed by atoms with van der Waals surface area (Å²) in [7, 11) is 0. The van der Waals surface area contributed by atoms with Crippen LogP contribution in [-0.2, 0) is 17.8 Å². The summed E-state index contributed by atoms with van der Waals surface area (Å²) >= 11 is 3.52. The summed E-state index contributed by atoms with van der Waals surface area (Å²) in [5, 5.41) is 3.02. The van der Waals surface area contributed by atoms with E-state index in [4.69, 9.17) is 4.74 Å². The molecule has 1 aromatic rings. The van der Waals surface area contributed by atoms with Crippen LogP contribution >= 0.6 is 15.9 Å². The van der Waals surface area contributed by atoms with Crippen LogP contribution in [0, 0.1) is 5.92 Å². The van der Waals surface area contributed by atoms with Crippen LogP contribution in [0.4, 0.5) is 0 Å². The van der Waals surface area contributed by atoms with Gasteiger partial charge >= 0.3 is 0 Å². The van der Waals surface area contributed by atoms with Crippen LogP contribution in [0.25, 0.3) is 0 Å². The van der Waals surface area contributed by atoms with Gasteiger partial charge in [0.1, 0.15) is 5.75 Å². The first-order chi connectivity index (χ1) is 9.22. The van der Waals surface area contributed by atoms with Crippen LogP contribution in [0.5, 0.6) is 5.75 Å². The van der Waals surface area contributed by atoms with Crippen LogP contribution in [0.3, 0.4) is 0 Å². The SMILES string of the molecule is O=C(CC1CCC1)NCc1cc(Br)cc2c1OCC2. The Kier molecular flexibility index (Phi) is 3.78. The highest BCUT2D eigenvalue weighted by Gasteiger charge is 2.21. The average Bonchev–Trinajstić information content (AvgIpc) is 2.78. The van der Waals surface area contributed by atoms with Crippen LogP contribution in [-0.4, -0.2) is 12.5 Å². The molecule has 0 atom stereocenters. The topological polar surface area (TPSA) is 38.3 Å². The van der Waals surface area contributed by atoms with Gasteiger partial charge in [-0.1, -0.05) is 22.4 Å². The third-order valence-electron chi connectivity index (χ3n) is 4.00. The molecule has 1 fully saturated rings. The number of fused-ring (bicyclic) bond motifs is 1. The standard InChI is InChI=1S/C15H18BrNO2/c16-13-7-11-4-5-19-15(11)12(8-13)9-17-14(18)6-10-2-1-3-10/h7-8,10H,1-6,9H2,(H,17,18). The highest BCUT2D eigenvalue weighted by atomic mass is 79.9. The Bertz CT molecular complexity index is 497. The van der Waals surface area contributed by atoms with E-state index in [9.17, 15) is 4.79 Å². The minimum absolute atomic E-state index is 0.163. The number of benzene rings is 1. The van der Waals surface area contributed by atoms with Crippen LogP contribution in [0.1, 0.15) is 36.8 Å². The van der Waals surface area contributed by atoms with Crippen molar-refractivity contribution in [3.05, 3.63) is 27.7 Å². The Labute approximate surface area is 121 Å². The summed E-state index contributed by atoms with van der Waals surface area (Å²) in [4.78, 5) is 11.8. The molecule has 3 nitrogen and oxygen atoms in total. The van der Waals surface area contributed by atoms with E-state index < -0.39 is 0 Å². The first kappa shape index (κ1) is 13.0. The van der Waals surface area contributed by atoms with Crippen molar-refractivity contribution in [2.24, 2.45) is 5.92 Å². The van der Waals surface area contributed by atoms with Crippen molar-refractivity contribution in [3.63, 3.8) is 0 Å². The highest BCUT2D eigenvalue weighted by molar-refractivity contribution is 9.10. The number of carbonyl (C=O) groups excluding carboxylic acids is 1. The molecule has 4 heteroatoms. The van der Waals surface area contributed by atoms with Gasteiger partial charge in [-0.3, -0.25) is 4.79 Å². The molecule has 1 aromatic carbocycles. The Morgan fingerprint density at radius 1 is 1.42 bits per heavy atom. The fourth-order valence-electron chi connectivity index (χ4n) is 2.70. The number of hydrogen-bond donors (Lipinski definition) is 1. The molecule has 0 spiro atoms. The molecular weight excluding hydrogens is 306 g/mol. The van der Waals surface area contributed by atoms with E-state index in [-0.39, 0.29) is 5.91 Å². The van der Waals surface area contributed by atoms with Crippen molar-refractivity contribution in [1.82, 2.24) is 5.32 Å². The molecular formula is C15H18BrNO2.